The molecule has 2 aromatic rings. The van der Waals surface area contributed by atoms with Gasteiger partial charge >= 0.3 is 0 Å². The Morgan fingerprint density at radius 2 is 2.13 bits per heavy atom. The third-order valence-electron chi connectivity index (χ3n) is 4.00. The summed E-state index contributed by atoms with van der Waals surface area (Å²) in [6.07, 6.45) is 9.52. The lowest BCUT2D eigenvalue weighted by atomic mass is 10.1. The van der Waals surface area contributed by atoms with Gasteiger partial charge in [0, 0.05) is 25.6 Å². The van der Waals surface area contributed by atoms with Gasteiger partial charge in [-0.05, 0) is 49.1 Å². The summed E-state index contributed by atoms with van der Waals surface area (Å²) >= 11 is 0. The fourth-order valence-corrected chi connectivity index (χ4v) is 2.74. The van der Waals surface area contributed by atoms with Crippen LogP contribution in [0.1, 0.15) is 25.0 Å². The molecule has 1 aromatic heterocycles. The maximum atomic E-state index is 12.9. The lowest BCUT2D eigenvalue weighted by Gasteiger charge is -2.08. The summed E-state index contributed by atoms with van der Waals surface area (Å²) in [6.45, 7) is 0.579. The van der Waals surface area contributed by atoms with Crippen LogP contribution in [0.4, 0.5) is 4.39 Å². The van der Waals surface area contributed by atoms with E-state index >= 15 is 0 Å². The number of rotatable bonds is 6. The van der Waals surface area contributed by atoms with Crippen molar-refractivity contribution in [1.29, 1.82) is 0 Å². The van der Waals surface area contributed by atoms with E-state index in [1.54, 1.807) is 16.8 Å². The number of hydrogen-bond acceptors (Lipinski definition) is 2. The Labute approximate surface area is 135 Å². The second-order valence-corrected chi connectivity index (χ2v) is 5.80. The summed E-state index contributed by atoms with van der Waals surface area (Å²) in [6, 6.07) is 8.10. The van der Waals surface area contributed by atoms with Gasteiger partial charge < -0.3 is 5.32 Å². The standard InChI is InChI=1S/C18H20FN3O/c19-15-5-7-17(8-6-15)22-12-10-16(21-22)9-11-20-18(23)13-14-3-1-2-4-14/h1,3,5-8,10,12,14H,2,4,9,11,13H2,(H,20,23)/t14-/m0/s1. The Balaban J connectivity index is 1.46. The molecule has 3 rings (SSSR count). The van der Waals surface area contributed by atoms with Gasteiger partial charge in [0.15, 0.2) is 0 Å². The monoisotopic (exact) mass is 313 g/mol. The molecule has 0 bridgehead atoms. The van der Waals surface area contributed by atoms with Crippen molar-refractivity contribution in [1.82, 2.24) is 15.1 Å². The summed E-state index contributed by atoms with van der Waals surface area (Å²) in [5.74, 6) is 0.230. The molecule has 1 aliphatic rings. The van der Waals surface area contributed by atoms with Crippen LogP contribution >= 0.6 is 0 Å². The average molecular weight is 313 g/mol. The molecular formula is C18H20FN3O. The molecule has 5 heteroatoms. The molecule has 23 heavy (non-hydrogen) atoms. The van der Waals surface area contributed by atoms with E-state index in [4.69, 9.17) is 0 Å². The fourth-order valence-electron chi connectivity index (χ4n) is 2.74. The van der Waals surface area contributed by atoms with Gasteiger partial charge in [-0.1, -0.05) is 12.2 Å². The third kappa shape index (κ3) is 4.28. The van der Waals surface area contributed by atoms with Crippen molar-refractivity contribution in [2.45, 2.75) is 25.7 Å². The molecular weight excluding hydrogens is 293 g/mol. The molecule has 120 valence electrons. The molecule has 0 spiro atoms. The van der Waals surface area contributed by atoms with Crippen molar-refractivity contribution in [2.24, 2.45) is 5.92 Å². The van der Waals surface area contributed by atoms with Crippen molar-refractivity contribution in [3.63, 3.8) is 0 Å². The molecule has 0 unspecified atom stereocenters. The van der Waals surface area contributed by atoms with Gasteiger partial charge in [-0.2, -0.15) is 5.10 Å². The van der Waals surface area contributed by atoms with E-state index in [9.17, 15) is 9.18 Å². The molecule has 4 nitrogen and oxygen atoms in total. The molecule has 1 heterocycles. The Morgan fingerprint density at radius 1 is 1.30 bits per heavy atom. The third-order valence-corrected chi connectivity index (χ3v) is 4.00. The van der Waals surface area contributed by atoms with E-state index in [2.05, 4.69) is 22.6 Å². The number of amides is 1. The second-order valence-electron chi connectivity index (χ2n) is 5.80. The highest BCUT2D eigenvalue weighted by Gasteiger charge is 2.13. The zero-order chi connectivity index (χ0) is 16.1. The fraction of sp³-hybridized carbons (Fsp3) is 0.333. The number of nitrogens with zero attached hydrogens (tertiary/aromatic N) is 2. The zero-order valence-corrected chi connectivity index (χ0v) is 12.9. The number of hydrogen-bond donors (Lipinski definition) is 1. The summed E-state index contributed by atoms with van der Waals surface area (Å²) in [5, 5.41) is 7.38. The number of allylic oxidation sites excluding steroid dienone is 2. The molecule has 1 aromatic carbocycles. The van der Waals surface area contributed by atoms with Crippen molar-refractivity contribution in [3.05, 3.63) is 60.2 Å². The average Bonchev–Trinajstić information content (AvgIpc) is 3.20. The van der Waals surface area contributed by atoms with Gasteiger partial charge in [-0.15, -0.1) is 0 Å². The van der Waals surface area contributed by atoms with Crippen molar-refractivity contribution >= 4 is 5.91 Å². The molecule has 0 fully saturated rings. The highest BCUT2D eigenvalue weighted by molar-refractivity contribution is 5.76. The number of benzene rings is 1. The highest BCUT2D eigenvalue weighted by Crippen LogP contribution is 2.19. The molecule has 1 N–H and O–H groups in total. The van der Waals surface area contributed by atoms with Crippen molar-refractivity contribution in [2.75, 3.05) is 6.54 Å². The zero-order valence-electron chi connectivity index (χ0n) is 12.9. The van der Waals surface area contributed by atoms with E-state index in [-0.39, 0.29) is 11.7 Å². The van der Waals surface area contributed by atoms with Gasteiger partial charge in [0.25, 0.3) is 0 Å². The number of carbonyl (C=O) groups is 1. The molecule has 0 saturated heterocycles. The minimum Gasteiger partial charge on any atom is -0.356 e. The lowest BCUT2D eigenvalue weighted by molar-refractivity contribution is -0.121. The van der Waals surface area contributed by atoms with Crippen LogP contribution < -0.4 is 5.32 Å². The number of nitrogens with one attached hydrogen (secondary N) is 1. The largest absolute Gasteiger partial charge is 0.356 e. The summed E-state index contributed by atoms with van der Waals surface area (Å²) in [7, 11) is 0. The van der Waals surface area contributed by atoms with Gasteiger partial charge in [-0.3, -0.25) is 4.79 Å². The summed E-state index contributed by atoms with van der Waals surface area (Å²) in [4.78, 5) is 11.8. The smallest absolute Gasteiger partial charge is 0.220 e. The summed E-state index contributed by atoms with van der Waals surface area (Å²) in [5.41, 5.74) is 1.71. The predicted octanol–water partition coefficient (Wildman–Crippen LogP) is 3.03. The molecule has 1 atom stereocenters. The van der Waals surface area contributed by atoms with Gasteiger partial charge in [0.1, 0.15) is 5.82 Å². The van der Waals surface area contributed by atoms with Crippen LogP contribution in [0.5, 0.6) is 0 Å². The van der Waals surface area contributed by atoms with E-state index < -0.39 is 0 Å². The minimum absolute atomic E-state index is 0.0968. The molecule has 0 aliphatic heterocycles. The van der Waals surface area contributed by atoms with Crippen LogP contribution in [0.15, 0.2) is 48.7 Å². The van der Waals surface area contributed by atoms with Crippen LogP contribution in [-0.2, 0) is 11.2 Å². The Hall–Kier alpha value is -2.43. The van der Waals surface area contributed by atoms with Crippen molar-refractivity contribution < 1.29 is 9.18 Å². The topological polar surface area (TPSA) is 46.9 Å². The number of halogens is 1. The Kier molecular flexibility index (Phi) is 4.86. The Bertz CT molecular complexity index is 691. The molecule has 1 amide bonds. The van der Waals surface area contributed by atoms with Crippen LogP contribution in [-0.4, -0.2) is 22.2 Å². The van der Waals surface area contributed by atoms with Crippen LogP contribution in [0, 0.1) is 11.7 Å². The van der Waals surface area contributed by atoms with E-state index in [0.29, 0.717) is 25.3 Å². The van der Waals surface area contributed by atoms with Gasteiger partial charge in [0.2, 0.25) is 5.91 Å². The van der Waals surface area contributed by atoms with Crippen LogP contribution in [0.3, 0.4) is 0 Å². The maximum Gasteiger partial charge on any atom is 0.220 e. The van der Waals surface area contributed by atoms with Crippen molar-refractivity contribution in [3.8, 4) is 5.69 Å². The van der Waals surface area contributed by atoms with Gasteiger partial charge in [0.05, 0.1) is 11.4 Å². The maximum absolute atomic E-state index is 12.9. The first-order valence-electron chi connectivity index (χ1n) is 7.94. The Morgan fingerprint density at radius 3 is 2.87 bits per heavy atom. The first-order valence-corrected chi connectivity index (χ1v) is 7.94. The molecule has 0 saturated carbocycles. The summed E-state index contributed by atoms with van der Waals surface area (Å²) < 4.78 is 14.6. The first-order chi connectivity index (χ1) is 11.2. The van der Waals surface area contributed by atoms with E-state index in [0.717, 1.165) is 24.2 Å². The SMILES string of the molecule is O=C(C[C@H]1C=CCC1)NCCc1ccn(-c2ccc(F)cc2)n1. The highest BCUT2D eigenvalue weighted by atomic mass is 19.1. The van der Waals surface area contributed by atoms with Crippen LogP contribution in [0.25, 0.3) is 5.69 Å². The second kappa shape index (κ2) is 7.22. The predicted molar refractivity (Wildman–Crippen MR) is 86.7 cm³/mol. The molecule has 1 aliphatic carbocycles. The van der Waals surface area contributed by atoms with E-state index in [1.807, 2.05) is 12.3 Å². The number of aromatic nitrogens is 2. The molecule has 0 radical (unpaired) electrons. The van der Waals surface area contributed by atoms with Crippen LogP contribution in [0.2, 0.25) is 0 Å². The number of carbonyl (C=O) groups excluding carboxylic acids is 1. The van der Waals surface area contributed by atoms with E-state index in [1.165, 1.54) is 12.1 Å². The normalized spacial score (nSPS) is 16.7. The minimum atomic E-state index is -0.263. The quantitative estimate of drug-likeness (QED) is 0.833. The lowest BCUT2D eigenvalue weighted by Crippen LogP contribution is -2.27. The van der Waals surface area contributed by atoms with Gasteiger partial charge in [-0.25, -0.2) is 9.07 Å². The first kappa shape index (κ1) is 15.5.